The quantitative estimate of drug-likeness (QED) is 0.839. The number of amides is 1. The summed E-state index contributed by atoms with van der Waals surface area (Å²) in [6.07, 6.45) is 7.05. The van der Waals surface area contributed by atoms with Gasteiger partial charge in [-0.15, -0.1) is 0 Å². The minimum absolute atomic E-state index is 0.210. The first-order valence-electron chi connectivity index (χ1n) is 6.27. The molecule has 1 aliphatic rings. The van der Waals surface area contributed by atoms with Gasteiger partial charge >= 0.3 is 0 Å². The van der Waals surface area contributed by atoms with E-state index in [0.717, 1.165) is 25.7 Å². The second kappa shape index (κ2) is 5.35. The predicted molar refractivity (Wildman–Crippen MR) is 68.3 cm³/mol. The zero-order valence-electron chi connectivity index (χ0n) is 10.4. The highest BCUT2D eigenvalue weighted by Gasteiger charge is 2.28. The molecule has 0 radical (unpaired) electrons. The molecule has 0 spiro atoms. The molecule has 1 heterocycles. The predicted octanol–water partition coefficient (Wildman–Crippen LogP) is 1.22. The van der Waals surface area contributed by atoms with Crippen LogP contribution in [0, 0.1) is 0 Å². The molecule has 0 aromatic carbocycles. The third kappa shape index (κ3) is 3.20. The molecule has 1 saturated carbocycles. The maximum absolute atomic E-state index is 11.0. The van der Waals surface area contributed by atoms with Crippen LogP contribution >= 0.6 is 0 Å². The SMILES string of the molecule is NC(=O)c1cc(OCC2(N)CCCCC2)ccn1. The average Bonchev–Trinajstić information content (AvgIpc) is 2.38. The third-order valence-electron chi connectivity index (χ3n) is 3.36. The standard InChI is InChI=1S/C13H19N3O2/c14-12(17)11-8-10(4-7-16-11)18-9-13(15)5-2-1-3-6-13/h4,7-8H,1-3,5-6,9,15H2,(H2,14,17). The van der Waals surface area contributed by atoms with Crippen molar-refractivity contribution in [3.05, 3.63) is 24.0 Å². The lowest BCUT2D eigenvalue weighted by molar-refractivity contribution is 0.0995. The first-order chi connectivity index (χ1) is 8.59. The smallest absolute Gasteiger partial charge is 0.267 e. The molecule has 1 aliphatic carbocycles. The van der Waals surface area contributed by atoms with Gasteiger partial charge < -0.3 is 16.2 Å². The van der Waals surface area contributed by atoms with E-state index in [1.165, 1.54) is 12.6 Å². The highest BCUT2D eigenvalue weighted by Crippen LogP contribution is 2.26. The zero-order valence-corrected chi connectivity index (χ0v) is 10.4. The average molecular weight is 249 g/mol. The lowest BCUT2D eigenvalue weighted by Gasteiger charge is -2.33. The topological polar surface area (TPSA) is 91.2 Å². The summed E-state index contributed by atoms with van der Waals surface area (Å²) in [5.74, 6) is 0.0368. The Morgan fingerprint density at radius 2 is 2.11 bits per heavy atom. The molecule has 0 unspecified atom stereocenters. The Kier molecular flexibility index (Phi) is 3.81. The maximum atomic E-state index is 11.0. The number of ether oxygens (including phenoxy) is 1. The number of aromatic nitrogens is 1. The molecule has 0 atom stereocenters. The van der Waals surface area contributed by atoms with Crippen LogP contribution in [0.15, 0.2) is 18.3 Å². The van der Waals surface area contributed by atoms with Gasteiger partial charge in [-0.3, -0.25) is 9.78 Å². The molecular weight excluding hydrogens is 230 g/mol. The van der Waals surface area contributed by atoms with Crippen LogP contribution in [0.4, 0.5) is 0 Å². The summed E-state index contributed by atoms with van der Waals surface area (Å²) in [5.41, 5.74) is 11.4. The first-order valence-corrected chi connectivity index (χ1v) is 6.27. The van der Waals surface area contributed by atoms with Crippen molar-refractivity contribution in [3.8, 4) is 5.75 Å². The van der Waals surface area contributed by atoms with Crippen LogP contribution in [0.25, 0.3) is 0 Å². The molecule has 1 fully saturated rings. The first kappa shape index (κ1) is 12.8. The van der Waals surface area contributed by atoms with E-state index in [1.54, 1.807) is 12.1 Å². The van der Waals surface area contributed by atoms with Crippen molar-refractivity contribution in [3.63, 3.8) is 0 Å². The van der Waals surface area contributed by atoms with Crippen molar-refractivity contribution < 1.29 is 9.53 Å². The van der Waals surface area contributed by atoms with Gasteiger partial charge in [0.2, 0.25) is 0 Å². The fraction of sp³-hybridized carbons (Fsp3) is 0.538. The van der Waals surface area contributed by atoms with Gasteiger partial charge in [-0.2, -0.15) is 0 Å². The molecule has 5 heteroatoms. The van der Waals surface area contributed by atoms with Gasteiger partial charge in [-0.25, -0.2) is 0 Å². The molecule has 18 heavy (non-hydrogen) atoms. The Morgan fingerprint density at radius 1 is 1.39 bits per heavy atom. The summed E-state index contributed by atoms with van der Waals surface area (Å²) in [7, 11) is 0. The highest BCUT2D eigenvalue weighted by molar-refractivity contribution is 5.91. The van der Waals surface area contributed by atoms with Gasteiger partial charge in [-0.05, 0) is 18.9 Å². The third-order valence-corrected chi connectivity index (χ3v) is 3.36. The molecule has 1 amide bonds. The van der Waals surface area contributed by atoms with Crippen molar-refractivity contribution in [2.24, 2.45) is 11.5 Å². The summed E-state index contributed by atoms with van der Waals surface area (Å²) in [6, 6.07) is 3.26. The number of pyridine rings is 1. The Labute approximate surface area is 107 Å². The molecule has 1 aromatic heterocycles. The van der Waals surface area contributed by atoms with E-state index >= 15 is 0 Å². The van der Waals surface area contributed by atoms with Crippen molar-refractivity contribution in [2.75, 3.05) is 6.61 Å². The molecule has 4 N–H and O–H groups in total. The van der Waals surface area contributed by atoms with Gasteiger partial charge in [0.15, 0.2) is 0 Å². The van der Waals surface area contributed by atoms with E-state index in [1.807, 2.05) is 0 Å². The zero-order chi connectivity index (χ0) is 13.0. The summed E-state index contributed by atoms with van der Waals surface area (Å²) >= 11 is 0. The molecule has 0 aliphatic heterocycles. The molecule has 0 saturated heterocycles. The molecule has 5 nitrogen and oxygen atoms in total. The number of nitrogens with zero attached hydrogens (tertiary/aromatic N) is 1. The summed E-state index contributed by atoms with van der Waals surface area (Å²) < 4.78 is 5.67. The van der Waals surface area contributed by atoms with E-state index < -0.39 is 5.91 Å². The van der Waals surface area contributed by atoms with Crippen molar-refractivity contribution in [2.45, 2.75) is 37.6 Å². The fourth-order valence-electron chi connectivity index (χ4n) is 2.26. The molecule has 1 aromatic rings. The Balaban J connectivity index is 1.97. The Bertz CT molecular complexity index is 428. The number of hydrogen-bond acceptors (Lipinski definition) is 4. The summed E-state index contributed by atoms with van der Waals surface area (Å²) in [4.78, 5) is 14.9. The van der Waals surface area contributed by atoms with Crippen LogP contribution in [-0.4, -0.2) is 23.0 Å². The fourth-order valence-corrected chi connectivity index (χ4v) is 2.26. The minimum atomic E-state index is -0.555. The van der Waals surface area contributed by atoms with Gasteiger partial charge in [-0.1, -0.05) is 19.3 Å². The van der Waals surface area contributed by atoms with Gasteiger partial charge in [0, 0.05) is 12.3 Å². The second-order valence-corrected chi connectivity index (χ2v) is 4.95. The number of carbonyl (C=O) groups is 1. The lowest BCUT2D eigenvalue weighted by Crippen LogP contribution is -2.47. The summed E-state index contributed by atoms with van der Waals surface area (Å²) in [5, 5.41) is 0. The van der Waals surface area contributed by atoms with E-state index in [0.29, 0.717) is 12.4 Å². The van der Waals surface area contributed by atoms with Gasteiger partial charge in [0.1, 0.15) is 18.1 Å². The number of nitrogens with two attached hydrogens (primary N) is 2. The molecule has 98 valence electrons. The van der Waals surface area contributed by atoms with Crippen LogP contribution in [0.2, 0.25) is 0 Å². The van der Waals surface area contributed by atoms with Crippen LogP contribution in [0.5, 0.6) is 5.75 Å². The van der Waals surface area contributed by atoms with Crippen molar-refractivity contribution >= 4 is 5.91 Å². The molecular formula is C13H19N3O2. The number of hydrogen-bond donors (Lipinski definition) is 2. The van der Waals surface area contributed by atoms with Crippen LogP contribution in [0.3, 0.4) is 0 Å². The maximum Gasteiger partial charge on any atom is 0.267 e. The largest absolute Gasteiger partial charge is 0.492 e. The van der Waals surface area contributed by atoms with E-state index in [-0.39, 0.29) is 11.2 Å². The van der Waals surface area contributed by atoms with E-state index in [9.17, 15) is 4.79 Å². The van der Waals surface area contributed by atoms with Gasteiger partial charge in [0.25, 0.3) is 5.91 Å². The lowest BCUT2D eigenvalue weighted by atomic mass is 9.83. The van der Waals surface area contributed by atoms with Gasteiger partial charge in [0.05, 0.1) is 5.54 Å². The Hall–Kier alpha value is -1.62. The van der Waals surface area contributed by atoms with Crippen LogP contribution in [0.1, 0.15) is 42.6 Å². The Morgan fingerprint density at radius 3 is 2.78 bits per heavy atom. The number of carbonyl (C=O) groups excluding carboxylic acids is 1. The second-order valence-electron chi connectivity index (χ2n) is 4.95. The molecule has 2 rings (SSSR count). The van der Waals surface area contributed by atoms with E-state index in [2.05, 4.69) is 4.98 Å². The number of rotatable bonds is 4. The van der Waals surface area contributed by atoms with Crippen LogP contribution in [-0.2, 0) is 0 Å². The summed E-state index contributed by atoms with van der Waals surface area (Å²) in [6.45, 7) is 0.467. The van der Waals surface area contributed by atoms with Crippen molar-refractivity contribution in [1.29, 1.82) is 0 Å². The highest BCUT2D eigenvalue weighted by atomic mass is 16.5. The minimum Gasteiger partial charge on any atom is -0.492 e. The van der Waals surface area contributed by atoms with Crippen molar-refractivity contribution in [1.82, 2.24) is 4.98 Å². The van der Waals surface area contributed by atoms with Crippen LogP contribution < -0.4 is 16.2 Å². The number of primary amides is 1. The normalized spacial score (nSPS) is 18.3. The molecule has 0 bridgehead atoms. The monoisotopic (exact) mass is 249 g/mol. The van der Waals surface area contributed by atoms with E-state index in [4.69, 9.17) is 16.2 Å².